The van der Waals surface area contributed by atoms with Crippen molar-refractivity contribution in [3.8, 4) is 17.2 Å². The van der Waals surface area contributed by atoms with Crippen LogP contribution in [0.4, 0.5) is 11.4 Å². The predicted molar refractivity (Wildman–Crippen MR) is 123 cm³/mol. The quantitative estimate of drug-likeness (QED) is 0.354. The van der Waals surface area contributed by atoms with Gasteiger partial charge < -0.3 is 20.1 Å². The van der Waals surface area contributed by atoms with Crippen molar-refractivity contribution >= 4 is 23.1 Å². The fraction of sp³-hybridized carbons (Fsp3) is 0.120. The van der Waals surface area contributed by atoms with Gasteiger partial charge in [-0.25, -0.2) is 0 Å². The van der Waals surface area contributed by atoms with Crippen LogP contribution in [0.2, 0.25) is 0 Å². The number of carbonyl (C=O) groups excluding carboxylic acids is 2. The van der Waals surface area contributed by atoms with Gasteiger partial charge in [0.2, 0.25) is 0 Å². The Kier molecular flexibility index (Phi) is 7.06. The number of benzene rings is 3. The molecule has 0 spiro atoms. The normalized spacial score (nSPS) is 10.1. The smallest absolute Gasteiger partial charge is 0.255 e. The van der Waals surface area contributed by atoms with Gasteiger partial charge >= 0.3 is 0 Å². The predicted octanol–water partition coefficient (Wildman–Crippen LogP) is 5.54. The summed E-state index contributed by atoms with van der Waals surface area (Å²) in [6.45, 7) is 5.33. The van der Waals surface area contributed by atoms with E-state index in [1.165, 1.54) is 6.92 Å². The molecule has 6 heteroatoms. The fourth-order valence-corrected chi connectivity index (χ4v) is 2.81. The van der Waals surface area contributed by atoms with Gasteiger partial charge in [0, 0.05) is 29.5 Å². The molecule has 3 aromatic rings. The summed E-state index contributed by atoms with van der Waals surface area (Å²) < 4.78 is 11.3. The van der Waals surface area contributed by atoms with Crippen molar-refractivity contribution < 1.29 is 19.1 Å². The third kappa shape index (κ3) is 5.96. The molecule has 158 valence electrons. The van der Waals surface area contributed by atoms with Gasteiger partial charge in [0.15, 0.2) is 5.78 Å². The van der Waals surface area contributed by atoms with Crippen LogP contribution >= 0.6 is 0 Å². The Morgan fingerprint density at radius 1 is 0.871 bits per heavy atom. The maximum absolute atomic E-state index is 12.7. The van der Waals surface area contributed by atoms with E-state index in [0.29, 0.717) is 34.1 Å². The van der Waals surface area contributed by atoms with Crippen molar-refractivity contribution in [1.82, 2.24) is 0 Å². The van der Waals surface area contributed by atoms with Gasteiger partial charge in [-0.15, -0.1) is 0 Å². The number of nitrogens with one attached hydrogen (secondary N) is 2. The van der Waals surface area contributed by atoms with Crippen LogP contribution in [0.5, 0.6) is 17.2 Å². The first-order valence-corrected chi connectivity index (χ1v) is 9.75. The third-order valence-corrected chi connectivity index (χ3v) is 4.43. The molecule has 2 N–H and O–H groups in total. The summed E-state index contributed by atoms with van der Waals surface area (Å²) in [5.74, 6) is 1.30. The molecular weight excluding hydrogens is 392 g/mol. The van der Waals surface area contributed by atoms with E-state index in [9.17, 15) is 9.59 Å². The van der Waals surface area contributed by atoms with Gasteiger partial charge in [-0.3, -0.25) is 9.59 Å². The van der Waals surface area contributed by atoms with Crippen LogP contribution in [0.25, 0.3) is 0 Å². The van der Waals surface area contributed by atoms with E-state index < -0.39 is 0 Å². The number of ketones is 1. The minimum atomic E-state index is -0.345. The summed E-state index contributed by atoms with van der Waals surface area (Å²) in [6, 6.07) is 19.4. The molecule has 0 saturated carbocycles. The van der Waals surface area contributed by atoms with E-state index in [1.807, 2.05) is 31.3 Å². The molecule has 0 saturated heterocycles. The summed E-state index contributed by atoms with van der Waals surface area (Å²) in [6.07, 6.45) is 1.60. The molecule has 1 amide bonds. The van der Waals surface area contributed by atoms with E-state index in [-0.39, 0.29) is 18.3 Å². The number of Topliss-reactive ketones (excluding diaryl/α,β-unsaturated/α-hetero) is 1. The van der Waals surface area contributed by atoms with E-state index in [2.05, 4.69) is 17.2 Å². The molecule has 3 rings (SSSR count). The summed E-state index contributed by atoms with van der Waals surface area (Å²) in [5.41, 5.74) is 2.33. The molecule has 0 atom stereocenters. The Morgan fingerprint density at radius 2 is 1.45 bits per heavy atom. The number of rotatable bonds is 9. The van der Waals surface area contributed by atoms with Crippen LogP contribution in [0, 0.1) is 0 Å². The maximum atomic E-state index is 12.7. The number of carbonyl (C=O) groups is 2. The Morgan fingerprint density at radius 3 is 2.00 bits per heavy atom. The van der Waals surface area contributed by atoms with Crippen molar-refractivity contribution in [3.05, 3.63) is 90.5 Å². The van der Waals surface area contributed by atoms with E-state index in [1.54, 1.807) is 48.5 Å². The second-order valence-corrected chi connectivity index (χ2v) is 6.76. The first kappa shape index (κ1) is 21.6. The molecule has 31 heavy (non-hydrogen) atoms. The number of amides is 1. The van der Waals surface area contributed by atoms with Crippen molar-refractivity contribution in [2.45, 2.75) is 6.92 Å². The van der Waals surface area contributed by atoms with Crippen LogP contribution in [-0.4, -0.2) is 25.3 Å². The summed E-state index contributed by atoms with van der Waals surface area (Å²) in [7, 11) is 1.86. The van der Waals surface area contributed by atoms with Crippen LogP contribution in [0.3, 0.4) is 0 Å². The Labute approximate surface area is 181 Å². The molecule has 0 aromatic heterocycles. The lowest BCUT2D eigenvalue weighted by Crippen LogP contribution is -2.13. The molecule has 0 fully saturated rings. The minimum absolute atomic E-state index is 0.151. The van der Waals surface area contributed by atoms with Gasteiger partial charge in [-0.1, -0.05) is 12.7 Å². The largest absolute Gasteiger partial charge is 0.490 e. The Hall–Kier alpha value is -4.06. The summed E-state index contributed by atoms with van der Waals surface area (Å²) in [4.78, 5) is 24.5. The molecule has 0 unspecified atom stereocenters. The number of ether oxygens (including phenoxy) is 2. The van der Waals surface area contributed by atoms with Crippen LogP contribution in [0.15, 0.2) is 79.4 Å². The van der Waals surface area contributed by atoms with Crippen LogP contribution < -0.4 is 20.1 Å². The van der Waals surface area contributed by atoms with Crippen molar-refractivity contribution in [1.29, 1.82) is 0 Å². The molecule has 0 radical (unpaired) electrons. The number of hydrogen-bond acceptors (Lipinski definition) is 5. The van der Waals surface area contributed by atoms with Crippen molar-refractivity contribution in [2.75, 3.05) is 24.3 Å². The van der Waals surface area contributed by atoms with E-state index in [0.717, 1.165) is 5.69 Å². The summed E-state index contributed by atoms with van der Waals surface area (Å²) >= 11 is 0. The highest BCUT2D eigenvalue weighted by Gasteiger charge is 2.12. The monoisotopic (exact) mass is 416 g/mol. The highest BCUT2D eigenvalue weighted by atomic mass is 16.5. The molecular formula is C25H24N2O4. The van der Waals surface area contributed by atoms with Gasteiger partial charge in [-0.2, -0.15) is 0 Å². The van der Waals surface area contributed by atoms with Crippen molar-refractivity contribution in [3.63, 3.8) is 0 Å². The zero-order chi connectivity index (χ0) is 22.2. The molecule has 0 heterocycles. The third-order valence-electron chi connectivity index (χ3n) is 4.43. The van der Waals surface area contributed by atoms with E-state index >= 15 is 0 Å². The second kappa shape index (κ2) is 10.1. The lowest BCUT2D eigenvalue weighted by atomic mass is 10.1. The highest BCUT2D eigenvalue weighted by molar-refractivity contribution is 6.06. The van der Waals surface area contributed by atoms with Crippen LogP contribution in [-0.2, 0) is 0 Å². The lowest BCUT2D eigenvalue weighted by Gasteiger charge is -2.11. The van der Waals surface area contributed by atoms with Gasteiger partial charge in [0.05, 0.1) is 0 Å². The van der Waals surface area contributed by atoms with E-state index in [4.69, 9.17) is 9.47 Å². The summed E-state index contributed by atoms with van der Waals surface area (Å²) in [5, 5.41) is 5.88. The van der Waals surface area contributed by atoms with Crippen molar-refractivity contribution in [2.24, 2.45) is 0 Å². The van der Waals surface area contributed by atoms with Gasteiger partial charge in [0.25, 0.3) is 5.91 Å². The fourth-order valence-electron chi connectivity index (χ4n) is 2.81. The Bertz CT molecular complexity index is 1070. The first-order valence-electron chi connectivity index (χ1n) is 9.75. The highest BCUT2D eigenvalue weighted by Crippen LogP contribution is 2.25. The van der Waals surface area contributed by atoms with Gasteiger partial charge in [-0.05, 0) is 73.7 Å². The standard InChI is InChI=1S/C25H24N2O4/c1-4-13-30-24-15-18(17(2)28)14-19(16-24)25(29)27-21-7-11-23(12-8-21)31-22-9-5-20(26-3)6-10-22/h4-12,14-16,26H,1,13H2,2-3H3,(H,27,29). The number of hydrogen-bond donors (Lipinski definition) is 2. The second-order valence-electron chi connectivity index (χ2n) is 6.76. The molecule has 0 aliphatic carbocycles. The zero-order valence-electron chi connectivity index (χ0n) is 17.5. The van der Waals surface area contributed by atoms with Crippen LogP contribution in [0.1, 0.15) is 27.6 Å². The topological polar surface area (TPSA) is 76.7 Å². The average molecular weight is 416 g/mol. The SMILES string of the molecule is C=CCOc1cc(C(C)=O)cc(C(=O)Nc2ccc(Oc3ccc(NC)cc3)cc2)c1. The number of anilines is 2. The molecule has 6 nitrogen and oxygen atoms in total. The molecule has 3 aromatic carbocycles. The minimum Gasteiger partial charge on any atom is -0.490 e. The lowest BCUT2D eigenvalue weighted by molar-refractivity contribution is 0.101. The molecule has 0 aliphatic rings. The Balaban J connectivity index is 1.70. The zero-order valence-corrected chi connectivity index (χ0v) is 17.5. The molecule has 0 bridgehead atoms. The van der Waals surface area contributed by atoms with Gasteiger partial charge in [0.1, 0.15) is 23.9 Å². The first-order chi connectivity index (χ1) is 15.0. The maximum Gasteiger partial charge on any atom is 0.255 e. The molecule has 0 aliphatic heterocycles. The average Bonchev–Trinajstić information content (AvgIpc) is 2.79.